The highest BCUT2D eigenvalue weighted by Crippen LogP contribution is 2.22. The molecule has 0 radical (unpaired) electrons. The predicted molar refractivity (Wildman–Crippen MR) is 70.5 cm³/mol. The number of anilines is 1. The predicted octanol–water partition coefficient (Wildman–Crippen LogP) is 2.67. The summed E-state index contributed by atoms with van der Waals surface area (Å²) >= 11 is 3.12. The number of carboxylic acids is 1. The van der Waals surface area contributed by atoms with Gasteiger partial charge in [0.25, 0.3) is 0 Å². The molecule has 102 valence electrons. The van der Waals surface area contributed by atoms with Crippen LogP contribution < -0.4 is 5.32 Å². The van der Waals surface area contributed by atoms with E-state index in [1.165, 1.54) is 17.0 Å². The van der Waals surface area contributed by atoms with Gasteiger partial charge in [-0.25, -0.2) is 14.0 Å². The lowest BCUT2D eigenvalue weighted by Gasteiger charge is -2.21. The molecule has 2 rings (SSSR count). The Morgan fingerprint density at radius 1 is 1.47 bits per heavy atom. The van der Waals surface area contributed by atoms with Crippen molar-refractivity contribution in [1.29, 1.82) is 0 Å². The van der Waals surface area contributed by atoms with Crippen molar-refractivity contribution in [3.8, 4) is 0 Å². The summed E-state index contributed by atoms with van der Waals surface area (Å²) in [5.41, 5.74) is 0.0317. The first-order valence-electron chi connectivity index (χ1n) is 5.74. The highest BCUT2D eigenvalue weighted by molar-refractivity contribution is 9.10. The van der Waals surface area contributed by atoms with Crippen LogP contribution in [0.3, 0.4) is 0 Å². The average molecular weight is 331 g/mol. The molecule has 0 aromatic heterocycles. The number of nitrogens with one attached hydrogen (secondary N) is 1. The van der Waals surface area contributed by atoms with E-state index in [1.54, 1.807) is 6.07 Å². The Bertz CT molecular complexity index is 524. The van der Waals surface area contributed by atoms with E-state index >= 15 is 0 Å². The number of aliphatic carboxylic acids is 1. The standard InChI is InChI=1S/C12H12BrFN2O3/c13-7-3-4-9(8(14)6-7)15-12(19)16-5-1-2-10(16)11(17)18/h3-4,6,10H,1-2,5H2,(H,15,19)(H,17,18)/t10-/m0/s1. The summed E-state index contributed by atoms with van der Waals surface area (Å²) in [6.07, 6.45) is 1.05. The van der Waals surface area contributed by atoms with Crippen molar-refractivity contribution in [2.24, 2.45) is 0 Å². The Balaban J connectivity index is 2.10. The molecule has 1 fully saturated rings. The fourth-order valence-electron chi connectivity index (χ4n) is 2.04. The number of carbonyl (C=O) groups excluding carboxylic acids is 1. The summed E-state index contributed by atoms with van der Waals surface area (Å²) in [4.78, 5) is 24.1. The fraction of sp³-hybridized carbons (Fsp3) is 0.333. The van der Waals surface area contributed by atoms with Crippen molar-refractivity contribution in [2.75, 3.05) is 11.9 Å². The SMILES string of the molecule is O=C(O)[C@@H]1CCCN1C(=O)Nc1ccc(Br)cc1F. The Kier molecular flexibility index (Phi) is 4.04. The molecule has 1 aliphatic heterocycles. The molecule has 7 heteroatoms. The lowest BCUT2D eigenvalue weighted by atomic mass is 10.2. The van der Waals surface area contributed by atoms with Crippen LogP contribution >= 0.6 is 15.9 Å². The lowest BCUT2D eigenvalue weighted by molar-refractivity contribution is -0.141. The Hall–Kier alpha value is -1.63. The van der Waals surface area contributed by atoms with E-state index in [-0.39, 0.29) is 5.69 Å². The van der Waals surface area contributed by atoms with Gasteiger partial charge in [-0.2, -0.15) is 0 Å². The Morgan fingerprint density at radius 3 is 2.84 bits per heavy atom. The van der Waals surface area contributed by atoms with Crippen molar-refractivity contribution in [3.63, 3.8) is 0 Å². The number of likely N-dealkylation sites (tertiary alicyclic amines) is 1. The van der Waals surface area contributed by atoms with Crippen LogP contribution in [0.5, 0.6) is 0 Å². The van der Waals surface area contributed by atoms with E-state index in [0.717, 1.165) is 0 Å². The molecule has 0 unspecified atom stereocenters. The molecule has 1 heterocycles. The molecule has 2 N–H and O–H groups in total. The first-order chi connectivity index (χ1) is 8.99. The molecule has 1 atom stereocenters. The van der Waals surface area contributed by atoms with Gasteiger partial charge in [-0.05, 0) is 31.0 Å². The molecule has 19 heavy (non-hydrogen) atoms. The second-order valence-electron chi connectivity index (χ2n) is 4.24. The van der Waals surface area contributed by atoms with Crippen LogP contribution in [-0.2, 0) is 4.79 Å². The van der Waals surface area contributed by atoms with Gasteiger partial charge in [0.15, 0.2) is 0 Å². The second kappa shape index (κ2) is 5.56. The molecule has 1 saturated heterocycles. The number of halogens is 2. The first-order valence-corrected chi connectivity index (χ1v) is 6.54. The zero-order chi connectivity index (χ0) is 14.0. The minimum absolute atomic E-state index is 0.0317. The van der Waals surface area contributed by atoms with Crippen LogP contribution in [-0.4, -0.2) is 34.6 Å². The van der Waals surface area contributed by atoms with Gasteiger partial charge >= 0.3 is 12.0 Å². The molecule has 5 nitrogen and oxygen atoms in total. The smallest absolute Gasteiger partial charge is 0.326 e. The van der Waals surface area contributed by atoms with Crippen LogP contribution in [0.15, 0.2) is 22.7 Å². The topological polar surface area (TPSA) is 69.6 Å². The van der Waals surface area contributed by atoms with Crippen LogP contribution in [0.4, 0.5) is 14.9 Å². The van der Waals surface area contributed by atoms with Gasteiger partial charge < -0.3 is 15.3 Å². The second-order valence-corrected chi connectivity index (χ2v) is 5.16. The van der Waals surface area contributed by atoms with Crippen LogP contribution in [0.1, 0.15) is 12.8 Å². The third-order valence-corrected chi connectivity index (χ3v) is 3.46. The normalized spacial score (nSPS) is 18.4. The summed E-state index contributed by atoms with van der Waals surface area (Å²) in [6, 6.07) is 2.82. The average Bonchev–Trinajstić information content (AvgIpc) is 2.82. The highest BCUT2D eigenvalue weighted by Gasteiger charge is 2.34. The number of carbonyl (C=O) groups is 2. The molecule has 2 amide bonds. The first kappa shape index (κ1) is 13.8. The number of hydrogen-bond donors (Lipinski definition) is 2. The number of amides is 2. The van der Waals surface area contributed by atoms with Crippen molar-refractivity contribution >= 4 is 33.6 Å². The third kappa shape index (κ3) is 3.04. The maximum atomic E-state index is 13.6. The minimum Gasteiger partial charge on any atom is -0.480 e. The number of carboxylic acid groups (broad SMARTS) is 1. The molecular weight excluding hydrogens is 319 g/mol. The van der Waals surface area contributed by atoms with Crippen molar-refractivity contribution in [1.82, 2.24) is 4.90 Å². The summed E-state index contributed by atoms with van der Waals surface area (Å²) < 4.78 is 14.1. The summed E-state index contributed by atoms with van der Waals surface area (Å²) in [5, 5.41) is 11.4. The minimum atomic E-state index is -1.04. The molecule has 0 bridgehead atoms. The van der Waals surface area contributed by atoms with Gasteiger partial charge in [-0.1, -0.05) is 15.9 Å². The quantitative estimate of drug-likeness (QED) is 0.875. The molecule has 1 aromatic rings. The lowest BCUT2D eigenvalue weighted by Crippen LogP contribution is -2.42. The molecule has 1 aromatic carbocycles. The van der Waals surface area contributed by atoms with Gasteiger partial charge in [0.2, 0.25) is 0 Å². The van der Waals surface area contributed by atoms with E-state index in [1.807, 2.05) is 0 Å². The van der Waals surface area contributed by atoms with Gasteiger partial charge in [0.05, 0.1) is 5.69 Å². The Labute approximate surface area is 117 Å². The fourth-order valence-corrected chi connectivity index (χ4v) is 2.38. The van der Waals surface area contributed by atoms with E-state index in [0.29, 0.717) is 23.9 Å². The molecule has 0 aliphatic carbocycles. The zero-order valence-corrected chi connectivity index (χ0v) is 11.5. The highest BCUT2D eigenvalue weighted by atomic mass is 79.9. The number of rotatable bonds is 2. The van der Waals surface area contributed by atoms with Crippen LogP contribution in [0.25, 0.3) is 0 Å². The van der Waals surface area contributed by atoms with Crippen molar-refractivity contribution in [3.05, 3.63) is 28.5 Å². The molecule has 0 spiro atoms. The number of hydrogen-bond acceptors (Lipinski definition) is 2. The summed E-state index contributed by atoms with van der Waals surface area (Å²) in [5.74, 6) is -1.61. The van der Waals surface area contributed by atoms with Gasteiger partial charge in [-0.3, -0.25) is 0 Å². The molecular formula is C12H12BrFN2O3. The Morgan fingerprint density at radius 2 is 2.21 bits per heavy atom. The van der Waals surface area contributed by atoms with Gasteiger partial charge in [-0.15, -0.1) is 0 Å². The van der Waals surface area contributed by atoms with E-state index < -0.39 is 23.9 Å². The number of benzene rings is 1. The third-order valence-electron chi connectivity index (χ3n) is 2.97. The van der Waals surface area contributed by atoms with Gasteiger partial charge in [0.1, 0.15) is 11.9 Å². The summed E-state index contributed by atoms with van der Waals surface area (Å²) in [7, 11) is 0. The number of urea groups is 1. The number of nitrogens with zero attached hydrogens (tertiary/aromatic N) is 1. The summed E-state index contributed by atoms with van der Waals surface area (Å²) in [6.45, 7) is 0.362. The van der Waals surface area contributed by atoms with Gasteiger partial charge in [0, 0.05) is 11.0 Å². The van der Waals surface area contributed by atoms with E-state index in [9.17, 15) is 14.0 Å². The zero-order valence-electron chi connectivity index (χ0n) is 9.90. The monoisotopic (exact) mass is 330 g/mol. The van der Waals surface area contributed by atoms with E-state index in [2.05, 4.69) is 21.2 Å². The largest absolute Gasteiger partial charge is 0.480 e. The van der Waals surface area contributed by atoms with Crippen LogP contribution in [0, 0.1) is 5.82 Å². The van der Waals surface area contributed by atoms with Crippen molar-refractivity contribution < 1.29 is 19.1 Å². The maximum Gasteiger partial charge on any atom is 0.326 e. The van der Waals surface area contributed by atoms with Crippen LogP contribution in [0.2, 0.25) is 0 Å². The molecule has 1 aliphatic rings. The maximum absolute atomic E-state index is 13.6. The molecule has 0 saturated carbocycles. The van der Waals surface area contributed by atoms with E-state index in [4.69, 9.17) is 5.11 Å². The van der Waals surface area contributed by atoms with Crippen molar-refractivity contribution in [2.45, 2.75) is 18.9 Å².